The summed E-state index contributed by atoms with van der Waals surface area (Å²) in [5, 5.41) is 4.00. The first kappa shape index (κ1) is 23.0. The lowest BCUT2D eigenvalue weighted by atomic mass is 10.1. The monoisotopic (exact) mass is 503 g/mol. The maximum absolute atomic E-state index is 13.2. The van der Waals surface area contributed by atoms with Gasteiger partial charge in [0.15, 0.2) is 12.4 Å². The van der Waals surface area contributed by atoms with Gasteiger partial charge in [0.05, 0.1) is 22.5 Å². The van der Waals surface area contributed by atoms with Gasteiger partial charge < -0.3 is 19.2 Å². The van der Waals surface area contributed by atoms with Crippen molar-refractivity contribution in [2.45, 2.75) is 0 Å². The van der Waals surface area contributed by atoms with Crippen LogP contribution in [0.3, 0.4) is 0 Å². The van der Waals surface area contributed by atoms with Crippen LogP contribution in [0, 0.1) is 0 Å². The molecule has 0 unspecified atom stereocenters. The summed E-state index contributed by atoms with van der Waals surface area (Å²) < 4.78 is 16.7. The normalized spacial score (nSPS) is 10.8. The Bertz CT molecular complexity index is 1420. The zero-order valence-electron chi connectivity index (χ0n) is 17.2. The molecule has 4 rings (SSSR count). The van der Waals surface area contributed by atoms with Crippen molar-refractivity contribution < 1.29 is 18.7 Å². The van der Waals surface area contributed by atoms with E-state index in [2.05, 4.69) is 5.32 Å². The van der Waals surface area contributed by atoms with E-state index in [4.69, 9.17) is 48.7 Å². The molecule has 0 saturated carbocycles. The molecule has 9 heteroatoms. The number of hydrogen-bond donors (Lipinski definition) is 1. The predicted molar refractivity (Wildman–Crippen MR) is 130 cm³/mol. The summed E-state index contributed by atoms with van der Waals surface area (Å²) in [6.07, 6.45) is 0. The molecule has 0 aliphatic carbocycles. The van der Waals surface area contributed by atoms with Crippen molar-refractivity contribution in [3.05, 3.63) is 86.0 Å². The Labute approximate surface area is 203 Å². The summed E-state index contributed by atoms with van der Waals surface area (Å²) in [5.74, 6) is -0.0670. The first-order valence-corrected chi connectivity index (χ1v) is 10.8. The lowest BCUT2D eigenvalue weighted by Gasteiger charge is -2.13. The molecule has 0 bridgehead atoms. The van der Waals surface area contributed by atoms with Crippen molar-refractivity contribution in [2.24, 2.45) is 0 Å². The van der Waals surface area contributed by atoms with Gasteiger partial charge in [-0.25, -0.2) is 0 Å². The highest BCUT2D eigenvalue weighted by Crippen LogP contribution is 2.36. The number of nitrogens with one attached hydrogen (secondary N) is 1. The number of benzene rings is 3. The van der Waals surface area contributed by atoms with Crippen LogP contribution in [0.4, 0.5) is 5.69 Å². The number of halogens is 3. The Kier molecular flexibility index (Phi) is 6.79. The zero-order valence-corrected chi connectivity index (χ0v) is 19.4. The SMILES string of the molecule is COc1ccc(NC(=O)COc2c(-c3ccc(Cl)cc3Cl)oc3ccccc3c2=O)cc1Cl. The summed E-state index contributed by atoms with van der Waals surface area (Å²) in [5.41, 5.74) is 0.772. The average molecular weight is 505 g/mol. The highest BCUT2D eigenvalue weighted by atomic mass is 35.5. The summed E-state index contributed by atoms with van der Waals surface area (Å²) in [6.45, 7) is -0.453. The van der Waals surface area contributed by atoms with E-state index in [0.717, 1.165) is 0 Å². The predicted octanol–water partition coefficient (Wildman–Crippen LogP) is 6.45. The Morgan fingerprint density at radius 1 is 1.00 bits per heavy atom. The van der Waals surface area contributed by atoms with Crippen LogP contribution in [0.2, 0.25) is 15.1 Å². The van der Waals surface area contributed by atoms with Crippen molar-refractivity contribution in [1.29, 1.82) is 0 Å². The van der Waals surface area contributed by atoms with Crippen LogP contribution in [0.1, 0.15) is 0 Å². The van der Waals surface area contributed by atoms with Crippen LogP contribution < -0.4 is 20.2 Å². The number of carbonyl (C=O) groups is 1. The zero-order chi connectivity index (χ0) is 23.5. The van der Waals surface area contributed by atoms with E-state index in [1.165, 1.54) is 13.2 Å². The molecule has 0 radical (unpaired) electrons. The van der Waals surface area contributed by atoms with Crippen LogP contribution in [-0.4, -0.2) is 19.6 Å². The minimum atomic E-state index is -0.503. The van der Waals surface area contributed by atoms with Crippen molar-refractivity contribution in [1.82, 2.24) is 0 Å². The topological polar surface area (TPSA) is 77.8 Å². The van der Waals surface area contributed by atoms with Gasteiger partial charge in [0.25, 0.3) is 5.91 Å². The van der Waals surface area contributed by atoms with Gasteiger partial charge in [-0.2, -0.15) is 0 Å². The van der Waals surface area contributed by atoms with Gasteiger partial charge in [0, 0.05) is 16.3 Å². The Morgan fingerprint density at radius 3 is 2.52 bits per heavy atom. The lowest BCUT2D eigenvalue weighted by Crippen LogP contribution is -2.22. The van der Waals surface area contributed by atoms with Gasteiger partial charge in [0.1, 0.15) is 11.3 Å². The third kappa shape index (κ3) is 4.93. The number of methoxy groups -OCH3 is 1. The molecule has 168 valence electrons. The lowest BCUT2D eigenvalue weighted by molar-refractivity contribution is -0.118. The van der Waals surface area contributed by atoms with Crippen LogP contribution in [0.15, 0.2) is 69.9 Å². The second kappa shape index (κ2) is 9.75. The number of anilines is 1. The van der Waals surface area contributed by atoms with Gasteiger partial charge in [-0.05, 0) is 48.5 Å². The first-order chi connectivity index (χ1) is 15.9. The van der Waals surface area contributed by atoms with Crippen LogP contribution in [-0.2, 0) is 4.79 Å². The van der Waals surface area contributed by atoms with Crippen molar-refractivity contribution >= 4 is 57.4 Å². The molecule has 0 fully saturated rings. The van der Waals surface area contributed by atoms with E-state index >= 15 is 0 Å². The largest absolute Gasteiger partial charge is 0.495 e. The van der Waals surface area contributed by atoms with E-state index in [0.29, 0.717) is 38.0 Å². The summed E-state index contributed by atoms with van der Waals surface area (Å²) >= 11 is 18.4. The fourth-order valence-electron chi connectivity index (χ4n) is 3.19. The van der Waals surface area contributed by atoms with E-state index in [1.54, 1.807) is 54.6 Å². The molecule has 0 spiro atoms. The van der Waals surface area contributed by atoms with Gasteiger partial charge in [-0.1, -0.05) is 46.9 Å². The van der Waals surface area contributed by atoms with Crippen LogP contribution >= 0.6 is 34.8 Å². The highest BCUT2D eigenvalue weighted by molar-refractivity contribution is 6.36. The molecular weight excluding hydrogens is 489 g/mol. The summed E-state index contributed by atoms with van der Waals surface area (Å²) in [6, 6.07) is 16.3. The van der Waals surface area contributed by atoms with E-state index in [1.807, 2.05) is 0 Å². The second-order valence-corrected chi connectivity index (χ2v) is 8.15. The molecule has 1 heterocycles. The second-order valence-electron chi connectivity index (χ2n) is 6.90. The minimum Gasteiger partial charge on any atom is -0.495 e. The Balaban J connectivity index is 1.66. The van der Waals surface area contributed by atoms with E-state index in [-0.39, 0.29) is 16.5 Å². The smallest absolute Gasteiger partial charge is 0.262 e. The maximum atomic E-state index is 13.2. The molecule has 3 aromatic carbocycles. The number of ether oxygens (including phenoxy) is 2. The molecule has 0 aliphatic heterocycles. The number of fused-ring (bicyclic) bond motifs is 1. The summed E-state index contributed by atoms with van der Waals surface area (Å²) in [4.78, 5) is 25.7. The molecule has 0 aliphatic rings. The average Bonchev–Trinajstić information content (AvgIpc) is 2.78. The molecule has 33 heavy (non-hydrogen) atoms. The third-order valence-electron chi connectivity index (χ3n) is 4.72. The molecular formula is C24H16Cl3NO5. The van der Waals surface area contributed by atoms with Crippen molar-refractivity contribution in [3.8, 4) is 22.8 Å². The number of carbonyl (C=O) groups excluding carboxylic acids is 1. The molecule has 4 aromatic rings. The number of rotatable bonds is 6. The van der Waals surface area contributed by atoms with E-state index in [9.17, 15) is 9.59 Å². The number of amides is 1. The quantitative estimate of drug-likeness (QED) is 0.327. The standard InChI is InChI=1S/C24H16Cl3NO5/c1-31-20-9-7-14(11-18(20)27)28-21(29)12-32-24-22(30)16-4-2-3-5-19(16)33-23(24)15-8-6-13(25)10-17(15)26/h2-11H,12H2,1H3,(H,28,29). The molecule has 1 amide bonds. The maximum Gasteiger partial charge on any atom is 0.262 e. The fraction of sp³-hybridized carbons (Fsp3) is 0.0833. The Hall–Kier alpha value is -3.19. The summed E-state index contributed by atoms with van der Waals surface area (Å²) in [7, 11) is 1.49. The number of para-hydroxylation sites is 1. The molecule has 0 atom stereocenters. The third-order valence-corrected chi connectivity index (χ3v) is 5.56. The molecule has 0 saturated heterocycles. The highest BCUT2D eigenvalue weighted by Gasteiger charge is 2.21. The van der Waals surface area contributed by atoms with Gasteiger partial charge in [0.2, 0.25) is 11.2 Å². The first-order valence-electron chi connectivity index (χ1n) is 9.65. The number of hydrogen-bond acceptors (Lipinski definition) is 5. The van der Waals surface area contributed by atoms with E-state index < -0.39 is 17.9 Å². The Morgan fingerprint density at radius 2 is 1.79 bits per heavy atom. The van der Waals surface area contributed by atoms with Gasteiger partial charge in [-0.3, -0.25) is 9.59 Å². The molecule has 6 nitrogen and oxygen atoms in total. The molecule has 1 N–H and O–H groups in total. The van der Waals surface area contributed by atoms with Crippen LogP contribution in [0.5, 0.6) is 11.5 Å². The van der Waals surface area contributed by atoms with Crippen LogP contribution in [0.25, 0.3) is 22.3 Å². The van der Waals surface area contributed by atoms with Gasteiger partial charge in [-0.15, -0.1) is 0 Å². The van der Waals surface area contributed by atoms with Crippen molar-refractivity contribution in [2.75, 3.05) is 19.0 Å². The minimum absolute atomic E-state index is 0.0978. The molecule has 1 aromatic heterocycles. The fourth-order valence-corrected chi connectivity index (χ4v) is 3.94. The van der Waals surface area contributed by atoms with Crippen molar-refractivity contribution in [3.63, 3.8) is 0 Å². The van der Waals surface area contributed by atoms with Gasteiger partial charge >= 0.3 is 0 Å².